The first-order valence-corrected chi connectivity index (χ1v) is 11.0. The summed E-state index contributed by atoms with van der Waals surface area (Å²) in [7, 11) is 0. The number of rotatable bonds is 4. The Hall–Kier alpha value is -2.35. The molecule has 2 aromatic rings. The summed E-state index contributed by atoms with van der Waals surface area (Å²) in [5.41, 5.74) is 3.81. The number of halogens is 2. The molecule has 0 saturated carbocycles. The molecule has 1 N–H and O–H groups in total. The van der Waals surface area contributed by atoms with Gasteiger partial charge in [-0.3, -0.25) is 10.2 Å². The fraction of sp³-hybridized carbons (Fsp3) is 0.238. The lowest BCUT2D eigenvalue weighted by Gasteiger charge is -2.20. The van der Waals surface area contributed by atoms with E-state index in [-0.39, 0.29) is 11.4 Å². The third kappa shape index (κ3) is 3.62. The monoisotopic (exact) mass is 459 g/mol. The average Bonchev–Trinajstić information content (AvgIpc) is 3.21. The van der Waals surface area contributed by atoms with Gasteiger partial charge in [-0.25, -0.2) is 0 Å². The van der Waals surface area contributed by atoms with Crippen LogP contribution in [0, 0.1) is 19.3 Å². The second-order valence-corrected chi connectivity index (χ2v) is 8.88. The second-order valence-electron chi connectivity index (χ2n) is 7.02. The minimum Gasteiger partial charge on any atom is -0.318 e. The molecule has 0 spiro atoms. The Morgan fingerprint density at radius 3 is 2.67 bits per heavy atom. The fourth-order valence-corrected chi connectivity index (χ4v) is 4.74. The number of carbonyl (C=O) groups excluding carboxylic acids is 1. The van der Waals surface area contributed by atoms with Crippen molar-refractivity contribution in [2.45, 2.75) is 33.6 Å². The highest BCUT2D eigenvalue weighted by Gasteiger charge is 2.35. The van der Waals surface area contributed by atoms with Crippen LogP contribution in [0.5, 0.6) is 0 Å². The van der Waals surface area contributed by atoms with E-state index in [1.165, 1.54) is 16.8 Å². The molecule has 0 saturated heterocycles. The SMILES string of the molecule is CCCC1=NN2C(=N)/C(=C/c3cc(C)n(-c4ccc(Cl)c(Cl)c4)c3C)C(=O)N=C2S1. The van der Waals surface area contributed by atoms with E-state index in [0.29, 0.717) is 15.2 Å². The quantitative estimate of drug-likeness (QED) is 0.585. The number of hydrazone groups is 1. The fourth-order valence-electron chi connectivity index (χ4n) is 3.46. The highest BCUT2D eigenvalue weighted by atomic mass is 35.5. The van der Waals surface area contributed by atoms with E-state index in [1.54, 1.807) is 18.2 Å². The summed E-state index contributed by atoms with van der Waals surface area (Å²) in [5.74, 6) is -0.381. The minimum atomic E-state index is -0.425. The summed E-state index contributed by atoms with van der Waals surface area (Å²) in [6.45, 7) is 5.99. The topological polar surface area (TPSA) is 73.8 Å². The van der Waals surface area contributed by atoms with E-state index in [0.717, 1.165) is 40.5 Å². The Bertz CT molecular complexity index is 1180. The van der Waals surface area contributed by atoms with Crippen LogP contribution in [0.1, 0.15) is 36.7 Å². The van der Waals surface area contributed by atoms with E-state index in [9.17, 15) is 4.79 Å². The Kier molecular flexibility index (Phi) is 5.61. The second kappa shape index (κ2) is 8.06. The summed E-state index contributed by atoms with van der Waals surface area (Å²) in [4.78, 5) is 16.8. The van der Waals surface area contributed by atoms with Gasteiger partial charge in [-0.2, -0.15) is 15.1 Å². The number of hydrogen-bond donors (Lipinski definition) is 1. The van der Waals surface area contributed by atoms with E-state index in [2.05, 4.69) is 17.0 Å². The summed E-state index contributed by atoms with van der Waals surface area (Å²) in [5, 5.41) is 16.7. The molecule has 0 radical (unpaired) electrons. The van der Waals surface area contributed by atoms with Crippen molar-refractivity contribution in [2.75, 3.05) is 0 Å². The Labute approximate surface area is 188 Å². The zero-order valence-corrected chi connectivity index (χ0v) is 19.0. The molecule has 0 unspecified atom stereocenters. The lowest BCUT2D eigenvalue weighted by molar-refractivity contribution is -0.114. The van der Waals surface area contributed by atoms with Gasteiger partial charge in [0, 0.05) is 17.1 Å². The normalized spacial score (nSPS) is 17.5. The number of fused-ring (bicyclic) bond motifs is 1. The number of hydrogen-bond acceptors (Lipinski definition) is 4. The van der Waals surface area contributed by atoms with Gasteiger partial charge in [0.25, 0.3) is 5.91 Å². The van der Waals surface area contributed by atoms with E-state index in [4.69, 9.17) is 28.6 Å². The molecule has 6 nitrogen and oxygen atoms in total. The summed E-state index contributed by atoms with van der Waals surface area (Å²) >= 11 is 13.6. The van der Waals surface area contributed by atoms with Crippen LogP contribution < -0.4 is 0 Å². The standard InChI is InChI=1S/C21H19Cl2N5OS/c1-4-5-18-26-28-19(24)15(20(29)25-21(28)30-18)9-13-8-11(2)27(12(13)3)14-6-7-16(22)17(23)10-14/h6-10,24H,4-5H2,1-3H3/b15-9-,24-19?. The molecule has 1 aromatic heterocycles. The van der Waals surface area contributed by atoms with Gasteiger partial charge in [0.2, 0.25) is 5.17 Å². The highest BCUT2D eigenvalue weighted by Crippen LogP contribution is 2.32. The Morgan fingerprint density at radius 1 is 1.20 bits per heavy atom. The predicted molar refractivity (Wildman–Crippen MR) is 125 cm³/mol. The number of nitrogens with one attached hydrogen (secondary N) is 1. The number of carbonyl (C=O) groups is 1. The summed E-state index contributed by atoms with van der Waals surface area (Å²) in [6.07, 6.45) is 3.45. The summed E-state index contributed by atoms with van der Waals surface area (Å²) < 4.78 is 2.03. The molecule has 154 valence electrons. The zero-order chi connectivity index (χ0) is 21.6. The molecule has 1 amide bonds. The first kappa shape index (κ1) is 20.9. The predicted octanol–water partition coefficient (Wildman–Crippen LogP) is 5.82. The van der Waals surface area contributed by atoms with Crippen LogP contribution in [0.25, 0.3) is 11.8 Å². The van der Waals surface area contributed by atoms with Crippen LogP contribution in [0.3, 0.4) is 0 Å². The lowest BCUT2D eigenvalue weighted by Crippen LogP contribution is -2.35. The Balaban J connectivity index is 1.73. The third-order valence-corrected chi connectivity index (χ3v) is 6.60. The maximum Gasteiger partial charge on any atom is 0.283 e. The van der Waals surface area contributed by atoms with Crippen molar-refractivity contribution in [1.82, 2.24) is 9.58 Å². The number of aromatic nitrogens is 1. The molecule has 2 aliphatic rings. The van der Waals surface area contributed by atoms with Crippen molar-refractivity contribution in [1.29, 1.82) is 5.41 Å². The molecule has 4 rings (SSSR count). The van der Waals surface area contributed by atoms with Crippen molar-refractivity contribution >= 4 is 63.0 Å². The number of amidine groups is 2. The molecule has 0 aliphatic carbocycles. The molecule has 0 fully saturated rings. The van der Waals surface area contributed by atoms with Crippen LogP contribution in [-0.4, -0.2) is 31.5 Å². The molecular weight excluding hydrogens is 441 g/mol. The molecule has 1 aromatic carbocycles. The number of nitrogens with zero attached hydrogens (tertiary/aromatic N) is 4. The van der Waals surface area contributed by atoms with E-state index < -0.39 is 5.91 Å². The number of amides is 1. The third-order valence-electron chi connectivity index (χ3n) is 4.89. The van der Waals surface area contributed by atoms with Crippen molar-refractivity contribution in [3.63, 3.8) is 0 Å². The van der Waals surface area contributed by atoms with Crippen LogP contribution in [0.2, 0.25) is 10.0 Å². The maximum atomic E-state index is 12.6. The number of aliphatic imine (C=N–C) groups is 1. The van der Waals surface area contributed by atoms with Gasteiger partial charge in [-0.05, 0) is 74.4 Å². The largest absolute Gasteiger partial charge is 0.318 e. The van der Waals surface area contributed by atoms with Gasteiger partial charge in [0.15, 0.2) is 5.84 Å². The van der Waals surface area contributed by atoms with Crippen LogP contribution in [-0.2, 0) is 4.79 Å². The molecule has 30 heavy (non-hydrogen) atoms. The molecule has 9 heteroatoms. The van der Waals surface area contributed by atoms with Gasteiger partial charge in [0.05, 0.1) is 15.6 Å². The zero-order valence-electron chi connectivity index (χ0n) is 16.7. The summed E-state index contributed by atoms with van der Waals surface area (Å²) in [6, 6.07) is 7.41. The minimum absolute atomic E-state index is 0.0444. The van der Waals surface area contributed by atoms with Crippen molar-refractivity contribution in [2.24, 2.45) is 10.1 Å². The van der Waals surface area contributed by atoms with Gasteiger partial charge in [-0.1, -0.05) is 30.1 Å². The van der Waals surface area contributed by atoms with Gasteiger partial charge in [-0.15, -0.1) is 0 Å². The van der Waals surface area contributed by atoms with Crippen molar-refractivity contribution in [3.8, 4) is 5.69 Å². The first-order chi connectivity index (χ1) is 14.3. The van der Waals surface area contributed by atoms with E-state index in [1.807, 2.05) is 30.5 Å². The molecule has 2 aliphatic heterocycles. The smallest absolute Gasteiger partial charge is 0.283 e. The first-order valence-electron chi connectivity index (χ1n) is 9.43. The van der Waals surface area contributed by atoms with Gasteiger partial charge < -0.3 is 4.57 Å². The van der Waals surface area contributed by atoms with E-state index >= 15 is 0 Å². The molecular formula is C21H19Cl2N5OS. The van der Waals surface area contributed by atoms with Crippen LogP contribution in [0.4, 0.5) is 0 Å². The molecule has 0 atom stereocenters. The Morgan fingerprint density at radius 2 is 1.97 bits per heavy atom. The molecule has 0 bridgehead atoms. The van der Waals surface area contributed by atoms with Crippen molar-refractivity contribution in [3.05, 3.63) is 56.8 Å². The highest BCUT2D eigenvalue weighted by molar-refractivity contribution is 8.26. The van der Waals surface area contributed by atoms with Crippen LogP contribution in [0.15, 0.2) is 39.9 Å². The lowest BCUT2D eigenvalue weighted by atomic mass is 10.1. The molecule has 3 heterocycles. The van der Waals surface area contributed by atoms with Gasteiger partial charge >= 0.3 is 0 Å². The number of benzene rings is 1. The average molecular weight is 460 g/mol. The number of aryl methyl sites for hydroxylation is 1. The van der Waals surface area contributed by atoms with Crippen molar-refractivity contribution < 1.29 is 4.79 Å². The van der Waals surface area contributed by atoms with Gasteiger partial charge in [0.1, 0.15) is 5.04 Å². The van der Waals surface area contributed by atoms with Crippen LogP contribution >= 0.6 is 35.0 Å². The number of thioether (sulfide) groups is 1. The maximum absolute atomic E-state index is 12.6.